The largest absolute Gasteiger partial charge is 0.357 e. The minimum absolute atomic E-state index is 0.0750. The molecule has 1 aliphatic heterocycles. The highest BCUT2D eigenvalue weighted by atomic mass is 35.5. The number of rotatable bonds is 1. The van der Waals surface area contributed by atoms with Crippen LogP contribution >= 0.6 is 11.6 Å². The maximum atomic E-state index is 6.44. The first-order chi connectivity index (χ1) is 10.4. The van der Waals surface area contributed by atoms with Gasteiger partial charge in [0.05, 0.1) is 5.70 Å². The van der Waals surface area contributed by atoms with Crippen LogP contribution in [0.4, 0.5) is 0 Å². The van der Waals surface area contributed by atoms with Crippen LogP contribution in [0.25, 0.3) is 0 Å². The molecule has 2 heteroatoms. The molecule has 1 fully saturated rings. The number of terminal acetylenes is 1. The molecular weight excluding hydrogens is 290 g/mol. The smallest absolute Gasteiger partial charge is 0.0505 e. The van der Waals surface area contributed by atoms with Crippen LogP contribution in [0.15, 0.2) is 57.4 Å². The van der Waals surface area contributed by atoms with Crippen LogP contribution < -0.4 is 5.32 Å². The quantitative estimate of drug-likeness (QED) is 0.622. The molecule has 0 atom stereocenters. The lowest BCUT2D eigenvalue weighted by Gasteiger charge is -2.20. The summed E-state index contributed by atoms with van der Waals surface area (Å²) in [5.74, 6) is 2.61. The zero-order chi connectivity index (χ0) is 16.3. The molecule has 22 heavy (non-hydrogen) atoms. The first kappa shape index (κ1) is 16.7. The number of hydrogen-bond donors (Lipinski definition) is 1. The van der Waals surface area contributed by atoms with E-state index in [9.17, 15) is 0 Å². The molecule has 0 radical (unpaired) electrons. The maximum Gasteiger partial charge on any atom is 0.0505 e. The second kappa shape index (κ2) is 6.63. The van der Waals surface area contributed by atoms with Crippen molar-refractivity contribution in [1.82, 2.24) is 5.32 Å². The summed E-state index contributed by atoms with van der Waals surface area (Å²) in [5.41, 5.74) is 5.85. The van der Waals surface area contributed by atoms with Gasteiger partial charge in [0.1, 0.15) is 0 Å². The van der Waals surface area contributed by atoms with Gasteiger partial charge >= 0.3 is 0 Å². The number of nitrogens with one attached hydrogen (secondary N) is 1. The highest BCUT2D eigenvalue weighted by Gasteiger charge is 2.36. The Morgan fingerprint density at radius 1 is 1.27 bits per heavy atom. The summed E-state index contributed by atoms with van der Waals surface area (Å²) in [7, 11) is 0. The van der Waals surface area contributed by atoms with Crippen LogP contribution in [0.2, 0.25) is 0 Å². The Kier molecular flexibility index (Phi) is 5.04. The van der Waals surface area contributed by atoms with Crippen molar-refractivity contribution in [3.63, 3.8) is 0 Å². The highest BCUT2D eigenvalue weighted by Crippen LogP contribution is 2.43. The van der Waals surface area contributed by atoms with Crippen molar-refractivity contribution in [1.29, 1.82) is 0 Å². The zero-order valence-corrected chi connectivity index (χ0v) is 14.6. The Labute approximate surface area is 139 Å². The molecule has 1 N–H and O–H groups in total. The van der Waals surface area contributed by atoms with E-state index in [0.717, 1.165) is 29.3 Å². The Hall–Kier alpha value is -1.65. The molecule has 0 saturated carbocycles. The fourth-order valence-electron chi connectivity index (χ4n) is 3.19. The Bertz CT molecular complexity index is 660. The van der Waals surface area contributed by atoms with E-state index in [1.807, 2.05) is 0 Å². The minimum atomic E-state index is -0.0750. The van der Waals surface area contributed by atoms with Gasteiger partial charge in [0.25, 0.3) is 0 Å². The van der Waals surface area contributed by atoms with E-state index in [1.54, 1.807) is 6.08 Å². The fraction of sp³-hybridized carbons (Fsp3) is 0.400. The van der Waals surface area contributed by atoms with Gasteiger partial charge < -0.3 is 5.32 Å². The normalized spacial score (nSPS) is 28.5. The lowest BCUT2D eigenvalue weighted by Crippen LogP contribution is -2.14. The highest BCUT2D eigenvalue weighted by molar-refractivity contribution is 6.32. The molecule has 0 aromatic heterocycles. The van der Waals surface area contributed by atoms with Gasteiger partial charge in [-0.05, 0) is 50.3 Å². The minimum Gasteiger partial charge on any atom is -0.357 e. The Morgan fingerprint density at radius 2 is 2.00 bits per heavy atom. The second-order valence-corrected chi connectivity index (χ2v) is 6.78. The molecule has 0 unspecified atom stereocenters. The van der Waals surface area contributed by atoms with Crippen LogP contribution in [-0.2, 0) is 0 Å². The Morgan fingerprint density at radius 3 is 2.64 bits per heavy atom. The summed E-state index contributed by atoms with van der Waals surface area (Å²) in [6, 6.07) is 0. The zero-order valence-electron chi connectivity index (χ0n) is 13.9. The summed E-state index contributed by atoms with van der Waals surface area (Å²) < 4.78 is 0. The first-order valence-electron chi connectivity index (χ1n) is 7.79. The topological polar surface area (TPSA) is 12.0 Å². The SMILES string of the molecule is C#C/C=C1/N/C(=C/C=C2\CCCC(C)=C2Cl)C(C)(C)/C1=C/C. The molecule has 116 valence electrons. The molecule has 1 nitrogen and oxygen atoms in total. The predicted molar refractivity (Wildman–Crippen MR) is 96.2 cm³/mol. The lowest BCUT2D eigenvalue weighted by atomic mass is 9.82. The van der Waals surface area contributed by atoms with E-state index in [-0.39, 0.29) is 5.41 Å². The molecule has 0 bridgehead atoms. The van der Waals surface area contributed by atoms with Gasteiger partial charge in [-0.1, -0.05) is 49.1 Å². The van der Waals surface area contributed by atoms with Crippen LogP contribution in [-0.4, -0.2) is 0 Å². The summed E-state index contributed by atoms with van der Waals surface area (Å²) in [4.78, 5) is 0. The second-order valence-electron chi connectivity index (χ2n) is 6.40. The van der Waals surface area contributed by atoms with Crippen LogP contribution in [0.1, 0.15) is 47.0 Å². The molecule has 0 aromatic rings. The molecule has 0 aromatic carbocycles. The van der Waals surface area contributed by atoms with Crippen molar-refractivity contribution in [2.75, 3.05) is 0 Å². The van der Waals surface area contributed by atoms with Crippen molar-refractivity contribution in [3.05, 3.63) is 57.4 Å². The fourth-order valence-corrected chi connectivity index (χ4v) is 3.44. The molecule has 1 heterocycles. The first-order valence-corrected chi connectivity index (χ1v) is 8.17. The van der Waals surface area contributed by atoms with Crippen LogP contribution in [0.5, 0.6) is 0 Å². The molecule has 0 spiro atoms. The van der Waals surface area contributed by atoms with Crippen molar-refractivity contribution in [2.24, 2.45) is 5.41 Å². The van der Waals surface area contributed by atoms with E-state index in [2.05, 4.69) is 57.2 Å². The molecular formula is C20H24ClN. The monoisotopic (exact) mass is 313 g/mol. The van der Waals surface area contributed by atoms with E-state index in [0.29, 0.717) is 0 Å². The van der Waals surface area contributed by atoms with Gasteiger partial charge in [-0.25, -0.2) is 0 Å². The maximum absolute atomic E-state index is 6.44. The van der Waals surface area contributed by atoms with Crippen molar-refractivity contribution in [2.45, 2.75) is 47.0 Å². The van der Waals surface area contributed by atoms with Crippen molar-refractivity contribution < 1.29 is 0 Å². The third kappa shape index (κ3) is 3.08. The summed E-state index contributed by atoms with van der Waals surface area (Å²) in [6.07, 6.45) is 17.0. The lowest BCUT2D eigenvalue weighted by molar-refractivity contribution is 0.566. The van der Waals surface area contributed by atoms with Crippen LogP contribution in [0.3, 0.4) is 0 Å². The summed E-state index contributed by atoms with van der Waals surface area (Å²) >= 11 is 6.44. The average molecular weight is 314 g/mol. The predicted octanol–water partition coefficient (Wildman–Crippen LogP) is 5.59. The standard InChI is InChI=1S/C20H24ClN/c1-6-9-17-16(7-2)20(4,5)18(22-17)13-12-15-11-8-10-14(3)19(15)21/h1,7,9,12-13,22H,8,10-11H2,2-5H3/b15-12+,16-7+,17-9+,18-13+. The Balaban J connectivity index is 2.39. The summed E-state index contributed by atoms with van der Waals surface area (Å²) in [5, 5.41) is 4.39. The molecule has 0 amide bonds. The number of halogens is 1. The van der Waals surface area contributed by atoms with E-state index < -0.39 is 0 Å². The molecule has 1 aliphatic carbocycles. The van der Waals surface area contributed by atoms with E-state index in [1.165, 1.54) is 23.1 Å². The number of allylic oxidation sites excluding steroid dienone is 9. The molecule has 1 saturated heterocycles. The number of hydrogen-bond acceptors (Lipinski definition) is 1. The molecule has 2 aliphatic rings. The van der Waals surface area contributed by atoms with Gasteiger partial charge in [-0.3, -0.25) is 0 Å². The van der Waals surface area contributed by atoms with Crippen LogP contribution in [0, 0.1) is 17.8 Å². The van der Waals surface area contributed by atoms with Gasteiger partial charge in [-0.15, -0.1) is 6.42 Å². The summed E-state index contributed by atoms with van der Waals surface area (Å²) in [6.45, 7) is 8.59. The van der Waals surface area contributed by atoms with E-state index >= 15 is 0 Å². The van der Waals surface area contributed by atoms with Gasteiger partial charge in [0.15, 0.2) is 0 Å². The molecule has 2 rings (SSSR count). The van der Waals surface area contributed by atoms with Gasteiger partial charge in [0.2, 0.25) is 0 Å². The van der Waals surface area contributed by atoms with Gasteiger partial charge in [-0.2, -0.15) is 0 Å². The average Bonchev–Trinajstić information content (AvgIpc) is 2.71. The van der Waals surface area contributed by atoms with Gasteiger partial charge in [0, 0.05) is 22.2 Å². The van der Waals surface area contributed by atoms with Crippen molar-refractivity contribution >= 4 is 11.6 Å². The van der Waals surface area contributed by atoms with E-state index in [4.69, 9.17) is 18.0 Å². The third-order valence-corrected chi connectivity index (χ3v) is 5.09. The van der Waals surface area contributed by atoms with Crippen molar-refractivity contribution in [3.8, 4) is 12.3 Å². The third-order valence-electron chi connectivity index (χ3n) is 4.53.